The summed E-state index contributed by atoms with van der Waals surface area (Å²) in [6.45, 7) is 5.10. The fraction of sp³-hybridized carbons (Fsp3) is 0.364. The average molecular weight is 292 g/mol. The van der Waals surface area contributed by atoms with Gasteiger partial charge >= 0.3 is 0 Å². The van der Waals surface area contributed by atoms with Gasteiger partial charge in [0, 0.05) is 5.41 Å². The van der Waals surface area contributed by atoms with E-state index in [1.54, 1.807) is 20.8 Å². The number of halogens is 1. The lowest BCUT2D eigenvalue weighted by Crippen LogP contribution is -2.27. The van der Waals surface area contributed by atoms with Crippen molar-refractivity contribution >= 4 is 33.9 Å². The van der Waals surface area contributed by atoms with Gasteiger partial charge in [0.1, 0.15) is 4.90 Å². The Balaban J connectivity index is 3.21. The van der Waals surface area contributed by atoms with E-state index in [4.69, 9.17) is 11.6 Å². The van der Waals surface area contributed by atoms with Gasteiger partial charge in [-0.3, -0.25) is 4.79 Å². The van der Waals surface area contributed by atoms with E-state index in [9.17, 15) is 18.3 Å². The number of phenols is 1. The fourth-order valence-electron chi connectivity index (χ4n) is 1.14. The molecule has 5 nitrogen and oxygen atoms in total. The molecule has 18 heavy (non-hydrogen) atoms. The zero-order chi connectivity index (χ0) is 14.1. The van der Waals surface area contributed by atoms with E-state index in [0.29, 0.717) is 0 Å². The second-order valence-corrected chi connectivity index (χ2v) is 6.12. The van der Waals surface area contributed by atoms with Crippen LogP contribution in [0.25, 0.3) is 0 Å². The number of carbonyl (C=O) groups excluding carboxylic acids is 1. The number of carbonyl (C=O) groups is 1. The first-order valence-electron chi connectivity index (χ1n) is 5.12. The average Bonchev–Trinajstić information content (AvgIpc) is 2.20. The second kappa shape index (κ2) is 5.16. The van der Waals surface area contributed by atoms with Crippen molar-refractivity contribution in [2.24, 2.45) is 5.41 Å². The highest BCUT2D eigenvalue weighted by molar-refractivity contribution is 7.72. The quantitative estimate of drug-likeness (QED) is 0.575. The monoisotopic (exact) mass is 291 g/mol. The van der Waals surface area contributed by atoms with Crippen LogP contribution in [-0.2, 0) is 15.5 Å². The van der Waals surface area contributed by atoms with Gasteiger partial charge < -0.3 is 10.4 Å². The summed E-state index contributed by atoms with van der Waals surface area (Å²) >= 11 is 5.67. The zero-order valence-corrected chi connectivity index (χ0v) is 11.8. The summed E-state index contributed by atoms with van der Waals surface area (Å²) < 4.78 is 21.9. The van der Waals surface area contributed by atoms with Crippen LogP contribution in [0.4, 0.5) is 5.69 Å². The summed E-state index contributed by atoms with van der Waals surface area (Å²) in [6.07, 6.45) is 0. The van der Waals surface area contributed by atoms with Gasteiger partial charge in [0.2, 0.25) is 5.91 Å². The topological polar surface area (TPSA) is 83.5 Å². The molecule has 0 aliphatic heterocycles. The van der Waals surface area contributed by atoms with Crippen molar-refractivity contribution in [3.05, 3.63) is 17.2 Å². The minimum atomic E-state index is -3.04. The van der Waals surface area contributed by atoms with Gasteiger partial charge in [0.25, 0.3) is 0 Å². The van der Waals surface area contributed by atoms with E-state index in [-0.39, 0.29) is 16.6 Å². The van der Waals surface area contributed by atoms with Gasteiger partial charge in [-0.15, -0.1) is 0 Å². The second-order valence-electron chi connectivity index (χ2n) is 4.75. The fourth-order valence-corrected chi connectivity index (χ4v) is 2.04. The molecule has 100 valence electrons. The van der Waals surface area contributed by atoms with Gasteiger partial charge in [-0.2, -0.15) is 0 Å². The normalized spacial score (nSPS) is 11.6. The molecule has 0 heterocycles. The van der Waals surface area contributed by atoms with Crippen LogP contribution in [0.2, 0.25) is 5.02 Å². The van der Waals surface area contributed by atoms with Crippen LogP contribution in [0.1, 0.15) is 20.8 Å². The van der Waals surface area contributed by atoms with Gasteiger partial charge in [-0.05, 0) is 12.1 Å². The summed E-state index contributed by atoms with van der Waals surface area (Å²) in [5, 5.41) is 12.1. The Morgan fingerprint density at radius 3 is 2.33 bits per heavy atom. The SMILES string of the molecule is CC(C)(C)C(=O)Nc1ccc(Cl)c([SH](=O)=O)c1O. The third-order valence-corrected chi connectivity index (χ3v) is 3.48. The molecule has 0 aliphatic carbocycles. The molecule has 2 N–H and O–H groups in total. The molecule has 0 aromatic heterocycles. The summed E-state index contributed by atoms with van der Waals surface area (Å²) in [5.74, 6) is -0.886. The van der Waals surface area contributed by atoms with Crippen LogP contribution in [0.5, 0.6) is 5.75 Å². The number of amides is 1. The van der Waals surface area contributed by atoms with Gasteiger partial charge in [0.05, 0.1) is 10.7 Å². The molecule has 0 spiro atoms. The molecule has 1 amide bonds. The Morgan fingerprint density at radius 2 is 1.89 bits per heavy atom. The Morgan fingerprint density at radius 1 is 1.33 bits per heavy atom. The van der Waals surface area contributed by atoms with Crippen molar-refractivity contribution in [2.45, 2.75) is 25.7 Å². The summed E-state index contributed by atoms with van der Waals surface area (Å²) in [6, 6.07) is 2.66. The summed E-state index contributed by atoms with van der Waals surface area (Å²) in [4.78, 5) is 11.4. The molecule has 1 aromatic rings. The van der Waals surface area contributed by atoms with Crippen molar-refractivity contribution in [1.82, 2.24) is 0 Å². The maximum Gasteiger partial charge on any atom is 0.229 e. The van der Waals surface area contributed by atoms with Crippen LogP contribution in [0, 0.1) is 5.41 Å². The van der Waals surface area contributed by atoms with E-state index in [1.165, 1.54) is 12.1 Å². The number of hydrogen-bond acceptors (Lipinski definition) is 4. The van der Waals surface area contributed by atoms with E-state index >= 15 is 0 Å². The molecule has 0 atom stereocenters. The van der Waals surface area contributed by atoms with Crippen LogP contribution in [0.3, 0.4) is 0 Å². The molecular weight excluding hydrogens is 278 g/mol. The van der Waals surface area contributed by atoms with E-state index in [1.807, 2.05) is 0 Å². The number of phenolic OH excluding ortho intramolecular Hbond substituents is 1. The highest BCUT2D eigenvalue weighted by Crippen LogP contribution is 2.35. The lowest BCUT2D eigenvalue weighted by atomic mass is 9.95. The predicted octanol–water partition coefficient (Wildman–Crippen LogP) is 2.00. The number of thiol groups is 1. The molecule has 0 saturated carbocycles. The van der Waals surface area contributed by atoms with Crippen molar-refractivity contribution in [1.29, 1.82) is 0 Å². The Kier molecular flexibility index (Phi) is 4.24. The number of benzene rings is 1. The maximum atomic E-state index is 11.7. The smallest absolute Gasteiger partial charge is 0.229 e. The standard InChI is InChI=1S/C11H14ClNO4S/c1-11(2,3)10(15)13-7-5-4-6(12)9(8(7)14)18(16)17/h4-5,14,18H,1-3H3,(H,13,15). The van der Waals surface area contributed by atoms with Crippen LogP contribution in [0.15, 0.2) is 17.0 Å². The van der Waals surface area contributed by atoms with E-state index < -0.39 is 26.8 Å². The number of rotatable bonds is 2. The molecule has 0 saturated heterocycles. The minimum absolute atomic E-state index is 0.0218. The molecule has 0 aliphatic rings. The Hall–Kier alpha value is -1.27. The van der Waals surface area contributed by atoms with Gasteiger partial charge in [0.15, 0.2) is 16.5 Å². The third kappa shape index (κ3) is 3.14. The largest absolute Gasteiger partial charge is 0.504 e. The van der Waals surface area contributed by atoms with Gasteiger partial charge in [-0.25, -0.2) is 8.42 Å². The third-order valence-electron chi connectivity index (χ3n) is 2.21. The highest BCUT2D eigenvalue weighted by atomic mass is 35.5. The van der Waals surface area contributed by atoms with Crippen molar-refractivity contribution in [2.75, 3.05) is 5.32 Å². The molecule has 1 rings (SSSR count). The lowest BCUT2D eigenvalue weighted by molar-refractivity contribution is -0.123. The Labute approximate surface area is 112 Å². The molecule has 7 heteroatoms. The molecule has 0 unspecified atom stereocenters. The highest BCUT2D eigenvalue weighted by Gasteiger charge is 2.23. The number of hydrogen-bond donors (Lipinski definition) is 3. The molecule has 0 fully saturated rings. The van der Waals surface area contributed by atoms with Crippen molar-refractivity contribution in [3.8, 4) is 5.75 Å². The first-order valence-corrected chi connectivity index (χ1v) is 6.67. The minimum Gasteiger partial charge on any atom is -0.504 e. The molecule has 1 aromatic carbocycles. The first-order chi connectivity index (χ1) is 8.14. The van der Waals surface area contributed by atoms with E-state index in [0.717, 1.165) is 0 Å². The number of nitrogens with one attached hydrogen (secondary N) is 1. The molecular formula is C11H14ClNO4S. The van der Waals surface area contributed by atoms with Crippen LogP contribution in [-0.4, -0.2) is 19.4 Å². The molecule has 0 bridgehead atoms. The summed E-state index contributed by atoms with van der Waals surface area (Å²) in [5.41, 5.74) is -0.639. The van der Waals surface area contributed by atoms with Crippen LogP contribution < -0.4 is 5.32 Å². The van der Waals surface area contributed by atoms with Gasteiger partial charge in [-0.1, -0.05) is 32.4 Å². The molecule has 0 radical (unpaired) electrons. The maximum absolute atomic E-state index is 11.7. The van der Waals surface area contributed by atoms with Crippen molar-refractivity contribution in [3.63, 3.8) is 0 Å². The van der Waals surface area contributed by atoms with E-state index in [2.05, 4.69) is 5.32 Å². The number of aromatic hydroxyl groups is 1. The first kappa shape index (κ1) is 14.8. The number of anilines is 1. The Bertz CT molecular complexity index is 553. The lowest BCUT2D eigenvalue weighted by Gasteiger charge is -2.18. The zero-order valence-electron chi connectivity index (χ0n) is 10.2. The van der Waals surface area contributed by atoms with Crippen molar-refractivity contribution < 1.29 is 18.3 Å². The summed E-state index contributed by atoms with van der Waals surface area (Å²) in [7, 11) is -3.04. The van der Waals surface area contributed by atoms with Crippen LogP contribution >= 0.6 is 11.6 Å². The predicted molar refractivity (Wildman–Crippen MR) is 69.8 cm³/mol.